The van der Waals surface area contributed by atoms with E-state index in [1.807, 2.05) is 26.0 Å². The number of primary amides is 1. The van der Waals surface area contributed by atoms with Gasteiger partial charge >= 0.3 is 0 Å². The highest BCUT2D eigenvalue weighted by atomic mass is 32.1. The van der Waals surface area contributed by atoms with Gasteiger partial charge in [0.15, 0.2) is 5.69 Å². The Labute approximate surface area is 176 Å². The lowest BCUT2D eigenvalue weighted by Crippen LogP contribution is -2.41. The second-order valence-electron chi connectivity index (χ2n) is 6.68. The van der Waals surface area contributed by atoms with Crippen LogP contribution in [0.4, 0.5) is 11.4 Å². The van der Waals surface area contributed by atoms with Crippen LogP contribution >= 0.6 is 11.5 Å². The number of benzene rings is 1. The molecule has 0 saturated carbocycles. The second kappa shape index (κ2) is 8.78. The number of rotatable bonds is 7. The number of carbonyl (C=O) groups is 3. The molecule has 156 valence electrons. The summed E-state index contributed by atoms with van der Waals surface area (Å²) >= 11 is 0.769. The summed E-state index contributed by atoms with van der Waals surface area (Å²) in [5.41, 5.74) is 13.3. The van der Waals surface area contributed by atoms with Gasteiger partial charge in [-0.15, -0.1) is 0 Å². The van der Waals surface area contributed by atoms with E-state index in [2.05, 4.69) is 9.69 Å². The third-order valence-electron chi connectivity index (χ3n) is 4.39. The number of nitrogens with one attached hydrogen (secondary N) is 1. The Morgan fingerprint density at radius 3 is 2.60 bits per heavy atom. The third kappa shape index (κ3) is 4.49. The summed E-state index contributed by atoms with van der Waals surface area (Å²) in [5.74, 6) is -1.17. The average Bonchev–Trinajstić information content (AvgIpc) is 3.34. The van der Waals surface area contributed by atoms with E-state index in [-0.39, 0.29) is 29.3 Å². The number of hydrogen-bond acceptors (Lipinski definition) is 7. The van der Waals surface area contributed by atoms with E-state index in [0.717, 1.165) is 22.7 Å². The molecule has 0 saturated heterocycles. The van der Waals surface area contributed by atoms with Crippen molar-refractivity contribution in [3.05, 3.63) is 64.1 Å². The zero-order valence-corrected chi connectivity index (χ0v) is 17.3. The van der Waals surface area contributed by atoms with Crippen molar-refractivity contribution < 1.29 is 18.8 Å². The molecule has 0 aliphatic rings. The number of amides is 3. The highest BCUT2D eigenvalue weighted by Crippen LogP contribution is 2.28. The van der Waals surface area contributed by atoms with E-state index in [9.17, 15) is 14.4 Å². The maximum absolute atomic E-state index is 13.3. The number of furan rings is 1. The lowest BCUT2D eigenvalue weighted by Gasteiger charge is -2.24. The monoisotopic (exact) mass is 427 g/mol. The van der Waals surface area contributed by atoms with Crippen LogP contribution < -0.4 is 21.7 Å². The first-order valence-corrected chi connectivity index (χ1v) is 9.78. The van der Waals surface area contributed by atoms with Crippen molar-refractivity contribution in [3.63, 3.8) is 0 Å². The van der Waals surface area contributed by atoms with Gasteiger partial charge in [0.2, 0.25) is 5.91 Å². The predicted octanol–water partition coefficient (Wildman–Crippen LogP) is 2.00. The molecule has 0 atom stereocenters. The van der Waals surface area contributed by atoms with Gasteiger partial charge in [-0.05, 0) is 49.1 Å². The van der Waals surface area contributed by atoms with Gasteiger partial charge in [0.05, 0.1) is 18.5 Å². The fourth-order valence-corrected chi connectivity index (χ4v) is 3.68. The topological polar surface area (TPSA) is 145 Å². The van der Waals surface area contributed by atoms with Crippen molar-refractivity contribution in [1.29, 1.82) is 0 Å². The molecule has 10 heteroatoms. The minimum Gasteiger partial charge on any atom is -0.467 e. The maximum Gasteiger partial charge on any atom is 0.272 e. The molecule has 0 unspecified atom stereocenters. The van der Waals surface area contributed by atoms with Gasteiger partial charge in [-0.25, -0.2) is 0 Å². The Balaban J connectivity index is 1.90. The summed E-state index contributed by atoms with van der Waals surface area (Å²) in [7, 11) is 0. The lowest BCUT2D eigenvalue weighted by atomic mass is 10.1. The Morgan fingerprint density at radius 1 is 1.23 bits per heavy atom. The lowest BCUT2D eigenvalue weighted by molar-refractivity contribution is -0.120. The number of aryl methyl sites for hydroxylation is 2. The average molecular weight is 427 g/mol. The molecule has 0 aliphatic heterocycles. The minimum atomic E-state index is -0.822. The summed E-state index contributed by atoms with van der Waals surface area (Å²) in [5, 5.41) is 2.72. The summed E-state index contributed by atoms with van der Waals surface area (Å²) < 4.78 is 9.08. The van der Waals surface area contributed by atoms with Crippen LogP contribution in [0.1, 0.15) is 37.0 Å². The minimum absolute atomic E-state index is 0.0441. The highest BCUT2D eigenvalue weighted by molar-refractivity contribution is 7.09. The smallest absolute Gasteiger partial charge is 0.272 e. The fourth-order valence-electron chi connectivity index (χ4n) is 2.92. The van der Waals surface area contributed by atoms with Crippen LogP contribution in [0.3, 0.4) is 0 Å². The Kier molecular flexibility index (Phi) is 6.17. The number of nitrogen functional groups attached to an aromatic ring is 1. The number of nitrogens with zero attached hydrogens (tertiary/aromatic N) is 2. The molecule has 2 heterocycles. The molecule has 0 fully saturated rings. The van der Waals surface area contributed by atoms with Gasteiger partial charge in [-0.1, -0.05) is 17.7 Å². The van der Waals surface area contributed by atoms with E-state index in [1.165, 1.54) is 11.2 Å². The molecule has 3 amide bonds. The molecule has 0 radical (unpaired) electrons. The second-order valence-corrected chi connectivity index (χ2v) is 7.45. The quantitative estimate of drug-likeness (QED) is 0.526. The molecule has 2 aromatic heterocycles. The number of nitrogens with two attached hydrogens (primary N) is 2. The number of carbonyl (C=O) groups excluding carboxylic acids is 3. The van der Waals surface area contributed by atoms with Crippen molar-refractivity contribution in [3.8, 4) is 0 Å². The van der Waals surface area contributed by atoms with Crippen LogP contribution in [0, 0.1) is 13.8 Å². The normalized spacial score (nSPS) is 10.6. The van der Waals surface area contributed by atoms with Crippen LogP contribution in [0.5, 0.6) is 0 Å². The zero-order valence-electron chi connectivity index (χ0n) is 16.5. The number of aromatic nitrogens is 1. The van der Waals surface area contributed by atoms with E-state index in [0.29, 0.717) is 11.4 Å². The van der Waals surface area contributed by atoms with Crippen LogP contribution in [0.25, 0.3) is 0 Å². The number of anilines is 2. The van der Waals surface area contributed by atoms with Gasteiger partial charge < -0.3 is 21.2 Å². The highest BCUT2D eigenvalue weighted by Gasteiger charge is 2.28. The van der Waals surface area contributed by atoms with E-state index >= 15 is 0 Å². The Morgan fingerprint density at radius 2 is 2.00 bits per heavy atom. The zero-order chi connectivity index (χ0) is 21.8. The summed E-state index contributed by atoms with van der Waals surface area (Å²) in [4.78, 5) is 38.6. The molecule has 0 aliphatic carbocycles. The molecular weight excluding hydrogens is 406 g/mol. The predicted molar refractivity (Wildman–Crippen MR) is 113 cm³/mol. The SMILES string of the molecule is Cc1ccc(N(CC(=O)NCc2ccco2)C(=O)c2snc(C(N)=O)c2N)c(C)c1. The van der Waals surface area contributed by atoms with Crippen molar-refractivity contribution in [1.82, 2.24) is 9.69 Å². The molecule has 0 bridgehead atoms. The summed E-state index contributed by atoms with van der Waals surface area (Å²) in [6, 6.07) is 8.95. The standard InChI is InChI=1S/C20H21N5O4S/c1-11-5-6-14(12(2)8-11)25(10-15(26)23-9-13-4-3-7-29-13)20(28)18-16(21)17(19(22)27)24-30-18/h3-8H,9-10,21H2,1-2H3,(H2,22,27)(H,23,26). The molecule has 0 spiro atoms. The van der Waals surface area contributed by atoms with Crippen LogP contribution in [-0.2, 0) is 11.3 Å². The third-order valence-corrected chi connectivity index (χ3v) is 5.24. The van der Waals surface area contributed by atoms with Crippen molar-refractivity contribution in [2.45, 2.75) is 20.4 Å². The van der Waals surface area contributed by atoms with Gasteiger partial charge in [0.1, 0.15) is 17.2 Å². The van der Waals surface area contributed by atoms with E-state index in [1.54, 1.807) is 18.2 Å². The largest absolute Gasteiger partial charge is 0.467 e. The van der Waals surface area contributed by atoms with E-state index < -0.39 is 17.7 Å². The fraction of sp³-hybridized carbons (Fsp3) is 0.200. The first-order chi connectivity index (χ1) is 14.3. The molecule has 3 rings (SSSR count). The molecule has 3 aromatic rings. The van der Waals surface area contributed by atoms with Crippen LogP contribution in [0.15, 0.2) is 41.0 Å². The van der Waals surface area contributed by atoms with Crippen LogP contribution in [0.2, 0.25) is 0 Å². The van der Waals surface area contributed by atoms with Gasteiger partial charge in [0.25, 0.3) is 11.8 Å². The maximum atomic E-state index is 13.3. The molecule has 1 aromatic carbocycles. The molecule has 9 nitrogen and oxygen atoms in total. The van der Waals surface area contributed by atoms with Crippen LogP contribution in [-0.4, -0.2) is 28.6 Å². The van der Waals surface area contributed by atoms with E-state index in [4.69, 9.17) is 15.9 Å². The molecule has 5 N–H and O–H groups in total. The first kappa shape index (κ1) is 21.1. The Bertz CT molecular complexity index is 1090. The van der Waals surface area contributed by atoms with Gasteiger partial charge in [-0.2, -0.15) is 4.37 Å². The van der Waals surface area contributed by atoms with Crippen molar-refractivity contribution >= 4 is 40.6 Å². The van der Waals surface area contributed by atoms with Gasteiger partial charge in [-0.3, -0.25) is 19.3 Å². The first-order valence-electron chi connectivity index (χ1n) is 9.01. The number of hydrogen-bond donors (Lipinski definition) is 3. The molecular formula is C20H21N5O4S. The van der Waals surface area contributed by atoms with Gasteiger partial charge in [0, 0.05) is 5.69 Å². The molecule has 30 heavy (non-hydrogen) atoms. The Hall–Kier alpha value is -3.66. The summed E-state index contributed by atoms with van der Waals surface area (Å²) in [6.07, 6.45) is 1.51. The van der Waals surface area contributed by atoms with Crippen molar-refractivity contribution in [2.75, 3.05) is 17.2 Å². The van der Waals surface area contributed by atoms with Crippen molar-refractivity contribution in [2.24, 2.45) is 5.73 Å². The summed E-state index contributed by atoms with van der Waals surface area (Å²) in [6.45, 7) is 3.70.